The van der Waals surface area contributed by atoms with Crippen molar-refractivity contribution in [3.05, 3.63) is 30.0 Å². The topological polar surface area (TPSA) is 113 Å². The Bertz CT molecular complexity index is 930. The maximum atomic E-state index is 13.1. The Balaban J connectivity index is 1.91. The fourth-order valence-corrected chi connectivity index (χ4v) is 4.45. The molecule has 0 radical (unpaired) electrons. The van der Waals surface area contributed by atoms with Crippen LogP contribution >= 0.6 is 0 Å². The lowest BCUT2D eigenvalue weighted by Crippen LogP contribution is -2.59. The second-order valence-electron chi connectivity index (χ2n) is 9.16. The van der Waals surface area contributed by atoms with Gasteiger partial charge in [-0.15, -0.1) is 0 Å². The predicted molar refractivity (Wildman–Crippen MR) is 112 cm³/mol. The first-order valence-electron chi connectivity index (χ1n) is 10.0. The molecule has 2 amide bonds. The molecule has 29 heavy (non-hydrogen) atoms. The monoisotopic (exact) mass is 401 g/mol. The minimum atomic E-state index is -1.02. The summed E-state index contributed by atoms with van der Waals surface area (Å²) in [4.78, 5) is 26.4. The number of carboxylic acid groups (broad SMARTS) is 1. The van der Waals surface area contributed by atoms with E-state index in [0.717, 1.165) is 10.9 Å². The van der Waals surface area contributed by atoms with Crippen LogP contribution in [0.2, 0.25) is 0 Å². The van der Waals surface area contributed by atoms with Crippen molar-refractivity contribution in [2.75, 3.05) is 13.1 Å². The van der Waals surface area contributed by atoms with Crippen molar-refractivity contribution < 1.29 is 14.7 Å². The molecule has 1 aromatic carbocycles. The summed E-state index contributed by atoms with van der Waals surface area (Å²) in [5.74, 6) is -0.294. The van der Waals surface area contributed by atoms with Gasteiger partial charge in [-0.3, -0.25) is 14.4 Å². The van der Waals surface area contributed by atoms with Crippen molar-refractivity contribution in [2.24, 2.45) is 11.1 Å². The van der Waals surface area contributed by atoms with Crippen LogP contribution in [0.5, 0.6) is 0 Å². The van der Waals surface area contributed by atoms with Gasteiger partial charge in [0.15, 0.2) is 5.69 Å². The van der Waals surface area contributed by atoms with Gasteiger partial charge in [0, 0.05) is 30.6 Å². The summed E-state index contributed by atoms with van der Waals surface area (Å²) >= 11 is 0. The van der Waals surface area contributed by atoms with Crippen LogP contribution in [0, 0.1) is 5.41 Å². The number of para-hydroxylation sites is 1. The van der Waals surface area contributed by atoms with E-state index >= 15 is 0 Å². The minimum absolute atomic E-state index is 0.112. The van der Waals surface area contributed by atoms with Gasteiger partial charge >= 0.3 is 6.09 Å². The molecule has 0 unspecified atom stereocenters. The van der Waals surface area contributed by atoms with Crippen LogP contribution in [0.25, 0.3) is 10.9 Å². The Morgan fingerprint density at radius 3 is 2.52 bits per heavy atom. The lowest BCUT2D eigenvalue weighted by molar-refractivity contribution is 0.0370. The summed E-state index contributed by atoms with van der Waals surface area (Å²) in [6.07, 6.45) is -0.551. The van der Waals surface area contributed by atoms with E-state index in [1.807, 2.05) is 63.6 Å². The SMILES string of the molecule is CC(C)n1nc(C(=O)N[C@@H]2CN(C(=O)O)[C@](CN)(C(C)(C)C)C2)c2ccccc21. The van der Waals surface area contributed by atoms with Crippen molar-refractivity contribution in [3.63, 3.8) is 0 Å². The summed E-state index contributed by atoms with van der Waals surface area (Å²) in [6.45, 7) is 10.4. The van der Waals surface area contributed by atoms with E-state index in [1.165, 1.54) is 4.90 Å². The molecule has 0 aliphatic carbocycles. The van der Waals surface area contributed by atoms with Crippen LogP contribution in [-0.2, 0) is 0 Å². The highest BCUT2D eigenvalue weighted by molar-refractivity contribution is 6.05. The van der Waals surface area contributed by atoms with Crippen LogP contribution in [0.4, 0.5) is 4.79 Å². The largest absolute Gasteiger partial charge is 0.465 e. The highest BCUT2D eigenvalue weighted by atomic mass is 16.4. The first-order chi connectivity index (χ1) is 13.5. The average Bonchev–Trinajstić information content (AvgIpc) is 3.20. The number of nitrogens with one attached hydrogen (secondary N) is 1. The van der Waals surface area contributed by atoms with Crippen molar-refractivity contribution in [3.8, 4) is 0 Å². The molecule has 158 valence electrons. The van der Waals surface area contributed by atoms with Gasteiger partial charge in [0.1, 0.15) is 0 Å². The number of hydrogen-bond donors (Lipinski definition) is 3. The molecule has 0 spiro atoms. The summed E-state index contributed by atoms with van der Waals surface area (Å²) in [5, 5.41) is 18.1. The number of hydrogen-bond acceptors (Lipinski definition) is 4. The van der Waals surface area contributed by atoms with Crippen molar-refractivity contribution in [1.82, 2.24) is 20.0 Å². The second kappa shape index (κ2) is 7.33. The van der Waals surface area contributed by atoms with Crippen LogP contribution in [0.1, 0.15) is 57.6 Å². The number of rotatable bonds is 4. The molecule has 2 heterocycles. The average molecular weight is 402 g/mol. The highest BCUT2D eigenvalue weighted by Gasteiger charge is 2.54. The molecule has 1 aromatic heterocycles. The van der Waals surface area contributed by atoms with Crippen LogP contribution in [0.3, 0.4) is 0 Å². The zero-order valence-electron chi connectivity index (χ0n) is 17.8. The molecule has 8 heteroatoms. The quantitative estimate of drug-likeness (QED) is 0.729. The van der Waals surface area contributed by atoms with Crippen LogP contribution < -0.4 is 11.1 Å². The molecule has 8 nitrogen and oxygen atoms in total. The van der Waals surface area contributed by atoms with Crippen molar-refractivity contribution in [1.29, 1.82) is 0 Å². The molecule has 0 bridgehead atoms. The van der Waals surface area contributed by atoms with E-state index in [4.69, 9.17) is 5.73 Å². The van der Waals surface area contributed by atoms with Gasteiger partial charge in [-0.1, -0.05) is 39.0 Å². The summed E-state index contributed by atoms with van der Waals surface area (Å²) in [7, 11) is 0. The predicted octanol–water partition coefficient (Wildman–Crippen LogP) is 2.84. The number of carbonyl (C=O) groups excluding carboxylic acids is 1. The van der Waals surface area contributed by atoms with Gasteiger partial charge in [0.2, 0.25) is 0 Å². The summed E-state index contributed by atoms with van der Waals surface area (Å²) < 4.78 is 1.84. The maximum Gasteiger partial charge on any atom is 0.407 e. The normalized spacial score (nSPS) is 22.4. The zero-order valence-corrected chi connectivity index (χ0v) is 17.8. The van der Waals surface area contributed by atoms with E-state index in [1.54, 1.807) is 0 Å². The first-order valence-corrected chi connectivity index (χ1v) is 10.0. The number of fused-ring (bicyclic) bond motifs is 1. The number of nitrogens with zero attached hydrogens (tertiary/aromatic N) is 3. The van der Waals surface area contributed by atoms with Gasteiger partial charge in [-0.05, 0) is 31.7 Å². The van der Waals surface area contributed by atoms with Gasteiger partial charge in [-0.25, -0.2) is 4.79 Å². The Labute approximate surface area is 171 Å². The molecule has 1 aliphatic heterocycles. The van der Waals surface area contributed by atoms with Gasteiger partial charge in [0.25, 0.3) is 5.91 Å². The van der Waals surface area contributed by atoms with E-state index in [9.17, 15) is 14.7 Å². The van der Waals surface area contributed by atoms with E-state index in [-0.39, 0.29) is 36.5 Å². The van der Waals surface area contributed by atoms with Crippen LogP contribution in [0.15, 0.2) is 24.3 Å². The van der Waals surface area contributed by atoms with Crippen molar-refractivity contribution >= 4 is 22.9 Å². The number of benzene rings is 1. The smallest absolute Gasteiger partial charge is 0.407 e. The molecular weight excluding hydrogens is 370 g/mol. The molecule has 4 N–H and O–H groups in total. The Morgan fingerprint density at radius 2 is 2.00 bits per heavy atom. The third-order valence-corrected chi connectivity index (χ3v) is 6.12. The third kappa shape index (κ3) is 3.46. The fourth-order valence-electron chi connectivity index (χ4n) is 4.45. The molecule has 2 aromatic rings. The minimum Gasteiger partial charge on any atom is -0.465 e. The van der Waals surface area contributed by atoms with Gasteiger partial charge in [-0.2, -0.15) is 5.10 Å². The lowest BCUT2D eigenvalue weighted by Gasteiger charge is -2.46. The molecule has 3 rings (SSSR count). The number of carbonyl (C=O) groups is 2. The molecular formula is C21H31N5O3. The fraction of sp³-hybridized carbons (Fsp3) is 0.571. The standard InChI is InChI=1S/C21H31N5O3/c1-13(2)26-16-9-7-6-8-15(16)17(24-26)18(27)23-14-10-21(12-22,20(3,4)5)25(11-14)19(28)29/h6-9,13-14H,10-12,22H2,1-5H3,(H,23,27)(H,28,29)/t14-,21+/m0/s1. The Kier molecular flexibility index (Phi) is 5.34. The molecule has 2 atom stereocenters. The van der Waals surface area contributed by atoms with E-state index < -0.39 is 11.6 Å². The van der Waals surface area contributed by atoms with Crippen molar-refractivity contribution in [2.45, 2.75) is 58.7 Å². The van der Waals surface area contributed by atoms with E-state index in [2.05, 4.69) is 10.4 Å². The molecule has 1 aliphatic rings. The maximum absolute atomic E-state index is 13.1. The molecule has 0 saturated carbocycles. The van der Waals surface area contributed by atoms with Crippen LogP contribution in [-0.4, -0.2) is 56.5 Å². The van der Waals surface area contributed by atoms with Gasteiger partial charge < -0.3 is 16.2 Å². The lowest BCUT2D eigenvalue weighted by atomic mass is 9.71. The number of amides is 2. The zero-order chi connectivity index (χ0) is 21.6. The first kappa shape index (κ1) is 21.1. The molecule has 1 fully saturated rings. The molecule has 1 saturated heterocycles. The third-order valence-electron chi connectivity index (χ3n) is 6.12. The summed E-state index contributed by atoms with van der Waals surface area (Å²) in [6, 6.07) is 7.41. The number of nitrogens with two attached hydrogens (primary N) is 1. The summed E-state index contributed by atoms with van der Waals surface area (Å²) in [5.41, 5.74) is 6.21. The Hall–Kier alpha value is -2.61. The van der Waals surface area contributed by atoms with E-state index in [0.29, 0.717) is 12.1 Å². The Morgan fingerprint density at radius 1 is 1.34 bits per heavy atom. The second-order valence-corrected chi connectivity index (χ2v) is 9.16. The number of aromatic nitrogens is 2. The highest BCUT2D eigenvalue weighted by Crippen LogP contribution is 2.43. The number of likely N-dealkylation sites (tertiary alicyclic amines) is 1. The van der Waals surface area contributed by atoms with Gasteiger partial charge in [0.05, 0.1) is 11.1 Å².